The number of fused-ring (bicyclic) bond motifs is 1. The van der Waals surface area contributed by atoms with Crippen LogP contribution in [0.25, 0.3) is 10.9 Å². The Balaban J connectivity index is 1.99. The fourth-order valence-corrected chi connectivity index (χ4v) is 2.34. The summed E-state index contributed by atoms with van der Waals surface area (Å²) >= 11 is 6.12. The summed E-state index contributed by atoms with van der Waals surface area (Å²) in [7, 11) is 0. The maximum Gasteiger partial charge on any atom is 0.343 e. The topological polar surface area (TPSA) is 39.2 Å². The van der Waals surface area contributed by atoms with E-state index in [1.807, 2.05) is 25.1 Å². The number of halogens is 1. The lowest BCUT2D eigenvalue weighted by molar-refractivity contribution is 0.0736. The Morgan fingerprint density at radius 2 is 2.00 bits per heavy atom. The maximum atomic E-state index is 12.2. The highest BCUT2D eigenvalue weighted by Gasteiger charge is 2.13. The van der Waals surface area contributed by atoms with Crippen molar-refractivity contribution in [3.05, 3.63) is 70.9 Å². The van der Waals surface area contributed by atoms with Crippen LogP contribution in [-0.2, 0) is 0 Å². The molecule has 2 aromatic carbocycles. The molecule has 0 fully saturated rings. The van der Waals surface area contributed by atoms with Crippen LogP contribution < -0.4 is 4.74 Å². The van der Waals surface area contributed by atoms with Gasteiger partial charge in [0, 0.05) is 11.6 Å². The van der Waals surface area contributed by atoms with Crippen LogP contribution >= 0.6 is 11.6 Å². The Labute approximate surface area is 127 Å². The molecule has 21 heavy (non-hydrogen) atoms. The van der Waals surface area contributed by atoms with Crippen molar-refractivity contribution in [1.82, 2.24) is 4.98 Å². The summed E-state index contributed by atoms with van der Waals surface area (Å²) in [6, 6.07) is 14.2. The van der Waals surface area contributed by atoms with Crippen molar-refractivity contribution < 1.29 is 9.53 Å². The molecule has 0 atom stereocenters. The fourth-order valence-electron chi connectivity index (χ4n) is 2.13. The van der Waals surface area contributed by atoms with Crippen LogP contribution in [-0.4, -0.2) is 11.0 Å². The number of ether oxygens (including phenoxy) is 1. The van der Waals surface area contributed by atoms with Gasteiger partial charge >= 0.3 is 5.97 Å². The monoisotopic (exact) mass is 297 g/mol. The van der Waals surface area contributed by atoms with Crippen molar-refractivity contribution >= 4 is 28.5 Å². The number of aromatic nitrogens is 1. The lowest BCUT2D eigenvalue weighted by Crippen LogP contribution is -2.09. The van der Waals surface area contributed by atoms with Crippen LogP contribution in [0.1, 0.15) is 15.9 Å². The van der Waals surface area contributed by atoms with Crippen molar-refractivity contribution in [3.63, 3.8) is 0 Å². The highest BCUT2D eigenvalue weighted by atomic mass is 35.5. The minimum atomic E-state index is -0.409. The first-order valence-electron chi connectivity index (χ1n) is 6.47. The third kappa shape index (κ3) is 2.73. The predicted octanol–water partition coefficient (Wildman–Crippen LogP) is 4.42. The van der Waals surface area contributed by atoms with E-state index < -0.39 is 5.97 Å². The molecule has 3 aromatic rings. The lowest BCUT2D eigenvalue weighted by atomic mass is 10.1. The summed E-state index contributed by atoms with van der Waals surface area (Å²) in [6.45, 7) is 1.93. The highest BCUT2D eigenvalue weighted by Crippen LogP contribution is 2.30. The minimum absolute atomic E-state index is 0.404. The van der Waals surface area contributed by atoms with E-state index in [0.717, 1.165) is 10.9 Å². The molecular weight excluding hydrogens is 286 g/mol. The summed E-state index contributed by atoms with van der Waals surface area (Å²) in [5.74, 6) is -0.00511. The van der Waals surface area contributed by atoms with Gasteiger partial charge in [-0.1, -0.05) is 29.3 Å². The molecule has 3 rings (SSSR count). The highest BCUT2D eigenvalue weighted by molar-refractivity contribution is 6.35. The van der Waals surface area contributed by atoms with Gasteiger partial charge in [0.1, 0.15) is 5.52 Å². The van der Waals surface area contributed by atoms with Gasteiger partial charge < -0.3 is 4.74 Å². The fraction of sp³-hybridized carbons (Fsp3) is 0.0588. The van der Waals surface area contributed by atoms with Crippen LogP contribution in [0.5, 0.6) is 5.75 Å². The molecular formula is C17H12ClNO2. The lowest BCUT2D eigenvalue weighted by Gasteiger charge is -2.08. The third-order valence-corrected chi connectivity index (χ3v) is 3.47. The molecule has 0 aliphatic carbocycles. The van der Waals surface area contributed by atoms with E-state index in [0.29, 0.717) is 21.9 Å². The average molecular weight is 298 g/mol. The number of hydrogen-bond donors (Lipinski definition) is 0. The van der Waals surface area contributed by atoms with Gasteiger partial charge in [-0.15, -0.1) is 0 Å². The van der Waals surface area contributed by atoms with Crippen LogP contribution in [0.15, 0.2) is 54.7 Å². The molecule has 0 saturated heterocycles. The molecule has 0 amide bonds. The number of benzene rings is 2. The predicted molar refractivity (Wildman–Crippen MR) is 82.9 cm³/mol. The number of carbonyl (C=O) groups is 1. The van der Waals surface area contributed by atoms with E-state index in [9.17, 15) is 4.79 Å². The molecule has 0 aliphatic rings. The van der Waals surface area contributed by atoms with E-state index >= 15 is 0 Å². The molecule has 0 radical (unpaired) electrons. The van der Waals surface area contributed by atoms with Gasteiger partial charge in [-0.25, -0.2) is 4.79 Å². The van der Waals surface area contributed by atoms with Gasteiger partial charge in [-0.05, 0) is 43.3 Å². The quantitative estimate of drug-likeness (QED) is 0.519. The van der Waals surface area contributed by atoms with Gasteiger partial charge in [0.25, 0.3) is 0 Å². The third-order valence-electron chi connectivity index (χ3n) is 3.14. The molecule has 4 heteroatoms. The van der Waals surface area contributed by atoms with Gasteiger partial charge in [-0.3, -0.25) is 4.98 Å². The zero-order chi connectivity index (χ0) is 14.8. The molecule has 104 valence electrons. The minimum Gasteiger partial charge on any atom is -0.421 e. The molecule has 0 bridgehead atoms. The zero-order valence-corrected chi connectivity index (χ0v) is 12.1. The number of rotatable bonds is 2. The van der Waals surface area contributed by atoms with Crippen molar-refractivity contribution in [3.8, 4) is 5.75 Å². The molecule has 0 unspecified atom stereocenters. The van der Waals surface area contributed by atoms with Gasteiger partial charge in [0.05, 0.1) is 10.6 Å². The number of aryl methyl sites for hydroxylation is 1. The second-order valence-corrected chi connectivity index (χ2v) is 5.11. The average Bonchev–Trinajstić information content (AvgIpc) is 2.50. The summed E-state index contributed by atoms with van der Waals surface area (Å²) in [5.41, 5.74) is 2.09. The Kier molecular flexibility index (Phi) is 3.59. The summed E-state index contributed by atoms with van der Waals surface area (Å²) in [6.07, 6.45) is 1.64. The zero-order valence-electron chi connectivity index (χ0n) is 11.3. The number of nitrogens with zero attached hydrogens (tertiary/aromatic N) is 1. The van der Waals surface area contributed by atoms with Crippen LogP contribution in [0.3, 0.4) is 0 Å². The van der Waals surface area contributed by atoms with Gasteiger partial charge in [0.15, 0.2) is 5.75 Å². The van der Waals surface area contributed by atoms with Gasteiger partial charge in [0.2, 0.25) is 0 Å². The second kappa shape index (κ2) is 5.54. The largest absolute Gasteiger partial charge is 0.421 e. The number of carbonyl (C=O) groups excluding carboxylic acids is 1. The van der Waals surface area contributed by atoms with Crippen LogP contribution in [0, 0.1) is 6.92 Å². The van der Waals surface area contributed by atoms with E-state index in [1.54, 1.807) is 36.5 Å². The number of pyridine rings is 1. The smallest absolute Gasteiger partial charge is 0.343 e. The Hall–Kier alpha value is -2.39. The summed E-state index contributed by atoms with van der Waals surface area (Å²) in [5, 5.41) is 1.34. The SMILES string of the molecule is Cc1cccc(C(=O)Oc2ccc(Cl)c3cccnc23)c1. The van der Waals surface area contributed by atoms with Crippen molar-refractivity contribution in [2.45, 2.75) is 6.92 Å². The standard InChI is InChI=1S/C17H12ClNO2/c1-11-4-2-5-12(10-11)17(20)21-15-8-7-14(18)13-6-3-9-19-16(13)15/h2-10H,1H3. The molecule has 0 spiro atoms. The first-order valence-corrected chi connectivity index (χ1v) is 6.85. The van der Waals surface area contributed by atoms with Crippen molar-refractivity contribution in [2.75, 3.05) is 0 Å². The molecule has 1 aromatic heterocycles. The van der Waals surface area contributed by atoms with E-state index in [1.165, 1.54) is 0 Å². The normalized spacial score (nSPS) is 10.6. The molecule has 0 N–H and O–H groups in total. The summed E-state index contributed by atoms with van der Waals surface area (Å²) < 4.78 is 5.46. The molecule has 3 nitrogen and oxygen atoms in total. The maximum absolute atomic E-state index is 12.2. The van der Waals surface area contributed by atoms with Gasteiger partial charge in [-0.2, -0.15) is 0 Å². The second-order valence-electron chi connectivity index (χ2n) is 4.70. The van der Waals surface area contributed by atoms with E-state index in [-0.39, 0.29) is 0 Å². The molecule has 0 aliphatic heterocycles. The Morgan fingerprint density at radius 1 is 1.14 bits per heavy atom. The summed E-state index contributed by atoms with van der Waals surface area (Å²) in [4.78, 5) is 16.5. The Bertz CT molecular complexity index is 830. The Morgan fingerprint density at radius 3 is 2.81 bits per heavy atom. The van der Waals surface area contributed by atoms with Crippen LogP contribution in [0.4, 0.5) is 0 Å². The first kappa shape index (κ1) is 13.6. The van der Waals surface area contributed by atoms with Crippen molar-refractivity contribution in [1.29, 1.82) is 0 Å². The first-order chi connectivity index (χ1) is 10.1. The number of esters is 1. The molecule has 1 heterocycles. The number of hydrogen-bond acceptors (Lipinski definition) is 3. The van der Waals surface area contributed by atoms with Crippen molar-refractivity contribution in [2.24, 2.45) is 0 Å². The van der Waals surface area contributed by atoms with Crippen LogP contribution in [0.2, 0.25) is 5.02 Å². The molecule has 0 saturated carbocycles. The van der Waals surface area contributed by atoms with E-state index in [2.05, 4.69) is 4.98 Å². The van der Waals surface area contributed by atoms with E-state index in [4.69, 9.17) is 16.3 Å².